The topological polar surface area (TPSA) is 59.6 Å². The first-order chi connectivity index (χ1) is 15.7. The van der Waals surface area contributed by atoms with Gasteiger partial charge >= 0.3 is 6.18 Å². The number of anilines is 1. The Kier molecular flexibility index (Phi) is 6.91. The Morgan fingerprint density at radius 1 is 1.15 bits per heavy atom. The van der Waals surface area contributed by atoms with Crippen molar-refractivity contribution in [2.75, 3.05) is 38.2 Å². The summed E-state index contributed by atoms with van der Waals surface area (Å²) in [6.45, 7) is 2.85. The van der Waals surface area contributed by atoms with E-state index in [0.29, 0.717) is 51.0 Å². The first-order valence-corrected chi connectivity index (χ1v) is 10.9. The molecule has 0 unspecified atom stereocenters. The van der Waals surface area contributed by atoms with Crippen LogP contribution in [0.5, 0.6) is 5.75 Å². The molecule has 0 aliphatic carbocycles. The number of benzene rings is 1. The van der Waals surface area contributed by atoms with Crippen molar-refractivity contribution in [3.63, 3.8) is 0 Å². The third-order valence-corrected chi connectivity index (χ3v) is 5.89. The van der Waals surface area contributed by atoms with Crippen LogP contribution in [-0.2, 0) is 19.3 Å². The van der Waals surface area contributed by atoms with E-state index in [1.165, 1.54) is 0 Å². The van der Waals surface area contributed by atoms with Gasteiger partial charge in [-0.25, -0.2) is 9.67 Å². The summed E-state index contributed by atoms with van der Waals surface area (Å²) in [5, 5.41) is 4.47. The normalized spacial score (nSPS) is 15.1. The maximum atomic E-state index is 12.8. The number of rotatable bonds is 6. The summed E-state index contributed by atoms with van der Waals surface area (Å²) >= 11 is 11.4. The quantitative estimate of drug-likeness (QED) is 0.457. The number of pyridine rings is 1. The summed E-state index contributed by atoms with van der Waals surface area (Å²) in [6.07, 6.45) is -3.16. The molecular formula is C21H21ClF3N5O2S. The van der Waals surface area contributed by atoms with Gasteiger partial charge < -0.3 is 14.1 Å². The molecule has 4 rings (SSSR count). The van der Waals surface area contributed by atoms with Gasteiger partial charge in [0.2, 0.25) is 5.89 Å². The van der Waals surface area contributed by atoms with E-state index >= 15 is 0 Å². The van der Waals surface area contributed by atoms with Crippen molar-refractivity contribution in [2.45, 2.75) is 19.3 Å². The van der Waals surface area contributed by atoms with Crippen LogP contribution < -0.4 is 9.64 Å². The van der Waals surface area contributed by atoms with E-state index in [1.54, 1.807) is 11.8 Å². The van der Waals surface area contributed by atoms with Crippen LogP contribution in [0.4, 0.5) is 19.0 Å². The summed E-state index contributed by atoms with van der Waals surface area (Å²) < 4.78 is 51.0. The average Bonchev–Trinajstić information content (AvgIpc) is 3.12. The van der Waals surface area contributed by atoms with Gasteiger partial charge in [-0.2, -0.15) is 13.2 Å². The molecule has 0 saturated carbocycles. The number of methoxy groups -OCH3 is 1. The Balaban J connectivity index is 1.35. The molecule has 1 aliphatic heterocycles. The van der Waals surface area contributed by atoms with Gasteiger partial charge in [-0.15, -0.1) is 5.10 Å². The Hall–Kier alpha value is -2.63. The summed E-state index contributed by atoms with van der Waals surface area (Å²) in [4.78, 5) is 8.23. The number of halogens is 4. The van der Waals surface area contributed by atoms with Crippen molar-refractivity contribution in [1.29, 1.82) is 0 Å². The van der Waals surface area contributed by atoms with E-state index in [9.17, 15) is 13.2 Å². The molecule has 3 heterocycles. The van der Waals surface area contributed by atoms with Gasteiger partial charge in [0.1, 0.15) is 11.6 Å². The minimum Gasteiger partial charge on any atom is -0.497 e. The second kappa shape index (κ2) is 9.70. The van der Waals surface area contributed by atoms with Crippen molar-refractivity contribution in [3.05, 3.63) is 63.4 Å². The van der Waals surface area contributed by atoms with Crippen LogP contribution in [0.3, 0.4) is 0 Å². The van der Waals surface area contributed by atoms with Crippen molar-refractivity contribution in [2.24, 2.45) is 0 Å². The highest BCUT2D eigenvalue weighted by Crippen LogP contribution is 2.33. The number of hydrogen-bond acceptors (Lipinski definition) is 7. The summed E-state index contributed by atoms with van der Waals surface area (Å²) in [5.41, 5.74) is 0.162. The molecule has 1 aliphatic rings. The molecule has 0 N–H and O–H groups in total. The largest absolute Gasteiger partial charge is 0.497 e. The van der Waals surface area contributed by atoms with E-state index in [-0.39, 0.29) is 9.86 Å². The van der Waals surface area contributed by atoms with Gasteiger partial charge in [-0.05, 0) is 36.0 Å². The van der Waals surface area contributed by atoms with Crippen LogP contribution in [0, 0.1) is 4.84 Å². The van der Waals surface area contributed by atoms with Crippen LogP contribution in [0.25, 0.3) is 0 Å². The molecule has 0 spiro atoms. The second-order valence-corrected chi connectivity index (χ2v) is 8.32. The maximum absolute atomic E-state index is 12.8. The Morgan fingerprint density at radius 2 is 1.85 bits per heavy atom. The van der Waals surface area contributed by atoms with Crippen LogP contribution in [0.15, 0.2) is 40.9 Å². The fraction of sp³-hybridized carbons (Fsp3) is 0.381. The highest BCUT2D eigenvalue weighted by molar-refractivity contribution is 7.71. The van der Waals surface area contributed by atoms with Gasteiger partial charge in [0.25, 0.3) is 4.84 Å². The molecule has 176 valence electrons. The second-order valence-electron chi connectivity index (χ2n) is 7.56. The lowest BCUT2D eigenvalue weighted by Crippen LogP contribution is -2.47. The molecule has 1 fully saturated rings. The number of nitrogens with zero attached hydrogens (tertiary/aromatic N) is 5. The van der Waals surface area contributed by atoms with Crippen molar-refractivity contribution in [1.82, 2.24) is 19.7 Å². The van der Waals surface area contributed by atoms with Crippen LogP contribution in [-0.4, -0.2) is 53.0 Å². The third-order valence-electron chi connectivity index (χ3n) is 5.32. The lowest BCUT2D eigenvalue weighted by molar-refractivity contribution is -0.137. The first kappa shape index (κ1) is 23.5. The summed E-state index contributed by atoms with van der Waals surface area (Å²) in [5.74, 6) is 1.64. The van der Waals surface area contributed by atoms with Gasteiger partial charge in [0.05, 0.1) is 30.8 Å². The molecule has 1 aromatic carbocycles. The Bertz CT molecular complexity index is 1160. The highest BCUT2D eigenvalue weighted by Gasteiger charge is 2.32. The summed E-state index contributed by atoms with van der Waals surface area (Å²) in [7, 11) is 1.62. The zero-order valence-corrected chi connectivity index (χ0v) is 19.3. The molecule has 7 nitrogen and oxygen atoms in total. The molecule has 3 aromatic rings. The zero-order chi connectivity index (χ0) is 23.6. The third kappa shape index (κ3) is 5.66. The van der Waals surface area contributed by atoms with Gasteiger partial charge in [-0.1, -0.05) is 23.7 Å². The molecule has 2 aromatic heterocycles. The SMILES string of the molecule is COc1ccc(Cc2nn(CN3CCN(c4ncc(C(F)(F)F)cc4Cl)CC3)c(=S)o2)cc1. The fourth-order valence-corrected chi connectivity index (χ4v) is 4.02. The van der Waals surface area contributed by atoms with Crippen LogP contribution in [0.2, 0.25) is 5.02 Å². The summed E-state index contributed by atoms with van der Waals surface area (Å²) in [6, 6.07) is 8.54. The highest BCUT2D eigenvalue weighted by atomic mass is 35.5. The molecule has 0 radical (unpaired) electrons. The monoisotopic (exact) mass is 499 g/mol. The fourth-order valence-electron chi connectivity index (χ4n) is 3.54. The minimum absolute atomic E-state index is 0.0137. The van der Waals surface area contributed by atoms with E-state index in [0.717, 1.165) is 23.6 Å². The molecule has 1 saturated heterocycles. The molecular weight excluding hydrogens is 479 g/mol. The predicted molar refractivity (Wildman–Crippen MR) is 119 cm³/mol. The van der Waals surface area contributed by atoms with Gasteiger partial charge in [0, 0.05) is 32.4 Å². The van der Waals surface area contributed by atoms with E-state index in [1.807, 2.05) is 29.2 Å². The van der Waals surface area contributed by atoms with Crippen molar-refractivity contribution in [3.8, 4) is 5.75 Å². The number of ether oxygens (including phenoxy) is 1. The van der Waals surface area contributed by atoms with Crippen molar-refractivity contribution >= 4 is 29.6 Å². The first-order valence-electron chi connectivity index (χ1n) is 10.1. The molecule has 0 bridgehead atoms. The standard InChI is InChI=1S/C21H21ClF3N5O2S/c1-31-16-4-2-14(3-5-16)10-18-27-30(20(33)32-18)13-28-6-8-29(9-7-28)19-17(22)11-15(12-26-19)21(23,24)25/h2-5,11-12H,6-10,13H2,1H3. The molecule has 12 heteroatoms. The number of aromatic nitrogens is 3. The van der Waals surface area contributed by atoms with Crippen molar-refractivity contribution < 1.29 is 22.3 Å². The van der Waals surface area contributed by atoms with Gasteiger partial charge in [0.15, 0.2) is 0 Å². The predicted octanol–water partition coefficient (Wildman–Crippen LogP) is 4.65. The molecule has 0 amide bonds. The smallest absolute Gasteiger partial charge is 0.417 e. The Morgan fingerprint density at radius 3 is 2.45 bits per heavy atom. The van der Waals surface area contributed by atoms with E-state index in [2.05, 4.69) is 15.0 Å². The lowest BCUT2D eigenvalue weighted by atomic mass is 10.1. The number of hydrogen-bond donors (Lipinski definition) is 0. The zero-order valence-electron chi connectivity index (χ0n) is 17.7. The van der Waals surface area contributed by atoms with Crippen LogP contribution in [0.1, 0.15) is 17.0 Å². The molecule has 33 heavy (non-hydrogen) atoms. The van der Waals surface area contributed by atoms with E-state index in [4.69, 9.17) is 33.0 Å². The van der Waals surface area contributed by atoms with Crippen LogP contribution >= 0.6 is 23.8 Å². The number of alkyl halides is 3. The minimum atomic E-state index is -4.48. The average molecular weight is 500 g/mol. The maximum Gasteiger partial charge on any atom is 0.417 e. The molecule has 0 atom stereocenters. The van der Waals surface area contributed by atoms with E-state index < -0.39 is 11.7 Å². The lowest BCUT2D eigenvalue weighted by Gasteiger charge is -2.35. The Labute approximate surface area is 198 Å². The number of piperazine rings is 1. The van der Waals surface area contributed by atoms with Gasteiger partial charge in [-0.3, -0.25) is 4.90 Å².